The Labute approximate surface area is 110 Å². The Balaban J connectivity index is 3.21. The summed E-state index contributed by atoms with van der Waals surface area (Å²) in [4.78, 5) is 23.7. The average Bonchev–Trinajstić information content (AvgIpc) is 2.39. The van der Waals surface area contributed by atoms with Crippen LogP contribution in [-0.4, -0.2) is 35.4 Å². The number of hydrogen-bond donors (Lipinski definition) is 2. The van der Waals surface area contributed by atoms with Crippen molar-refractivity contribution in [1.29, 1.82) is 0 Å². The fourth-order valence-electron chi connectivity index (χ4n) is 1.49. The Hall–Kier alpha value is -2.08. The molecule has 0 aromatic heterocycles. The van der Waals surface area contributed by atoms with E-state index in [2.05, 4.69) is 0 Å². The van der Waals surface area contributed by atoms with Gasteiger partial charge in [0.2, 0.25) is 0 Å². The molecule has 0 aliphatic heterocycles. The summed E-state index contributed by atoms with van der Waals surface area (Å²) in [5.41, 5.74) is -2.55. The van der Waals surface area contributed by atoms with Crippen molar-refractivity contribution in [3.05, 3.63) is 29.8 Å². The van der Waals surface area contributed by atoms with Crippen LogP contribution in [0.3, 0.4) is 0 Å². The van der Waals surface area contributed by atoms with Crippen molar-refractivity contribution in [1.82, 2.24) is 0 Å². The van der Waals surface area contributed by atoms with Crippen molar-refractivity contribution in [3.8, 4) is 5.75 Å². The van der Waals surface area contributed by atoms with Crippen LogP contribution in [0.1, 0.15) is 19.4 Å². The predicted octanol–water partition coefficient (Wildman–Crippen LogP) is 0.706. The van der Waals surface area contributed by atoms with Crippen molar-refractivity contribution >= 4 is 11.9 Å². The van der Waals surface area contributed by atoms with E-state index in [1.54, 1.807) is 13.8 Å². The minimum Gasteiger partial charge on any atom is -0.508 e. The van der Waals surface area contributed by atoms with E-state index in [-0.39, 0.29) is 24.5 Å². The topological polar surface area (TPSA) is 93.1 Å². The lowest BCUT2D eigenvalue weighted by atomic mass is 9.94. The van der Waals surface area contributed by atoms with Gasteiger partial charge in [-0.15, -0.1) is 0 Å². The highest BCUT2D eigenvalue weighted by atomic mass is 16.6. The molecule has 0 saturated carbocycles. The number of carbonyl (C=O) groups is 2. The van der Waals surface area contributed by atoms with Crippen molar-refractivity contribution in [2.75, 3.05) is 13.2 Å². The Morgan fingerprint density at radius 2 is 1.47 bits per heavy atom. The standard InChI is InChI=1S/C13H16O6/c1-3-18-11(15)13(17,12(16)19-4-2)9-5-7-10(14)8-6-9/h5-8,14,17H,3-4H2,1-2H3. The molecule has 6 nitrogen and oxygen atoms in total. The molecule has 0 heterocycles. The molecule has 0 fully saturated rings. The van der Waals surface area contributed by atoms with Crippen LogP contribution in [0.5, 0.6) is 5.75 Å². The lowest BCUT2D eigenvalue weighted by Crippen LogP contribution is -2.46. The molecule has 1 aromatic carbocycles. The molecule has 0 saturated heterocycles. The molecule has 1 aromatic rings. The zero-order valence-electron chi connectivity index (χ0n) is 10.8. The second-order valence-electron chi connectivity index (χ2n) is 3.70. The Bertz CT molecular complexity index is 433. The first-order valence-electron chi connectivity index (χ1n) is 5.83. The number of benzene rings is 1. The summed E-state index contributed by atoms with van der Waals surface area (Å²) in [6.07, 6.45) is 0. The smallest absolute Gasteiger partial charge is 0.354 e. The summed E-state index contributed by atoms with van der Waals surface area (Å²) in [5.74, 6) is -2.28. The molecule has 0 spiro atoms. The lowest BCUT2D eigenvalue weighted by Gasteiger charge is -2.23. The van der Waals surface area contributed by atoms with Gasteiger partial charge >= 0.3 is 11.9 Å². The van der Waals surface area contributed by atoms with Crippen LogP contribution in [0.2, 0.25) is 0 Å². The molecule has 6 heteroatoms. The van der Waals surface area contributed by atoms with Gasteiger partial charge in [-0.1, -0.05) is 12.1 Å². The molecule has 0 radical (unpaired) electrons. The monoisotopic (exact) mass is 268 g/mol. The molecular formula is C13H16O6. The summed E-state index contributed by atoms with van der Waals surface area (Å²) in [7, 11) is 0. The van der Waals surface area contributed by atoms with Crippen LogP contribution in [0.25, 0.3) is 0 Å². The van der Waals surface area contributed by atoms with E-state index in [9.17, 15) is 19.8 Å². The predicted molar refractivity (Wildman–Crippen MR) is 65.3 cm³/mol. The van der Waals surface area contributed by atoms with Crippen LogP contribution < -0.4 is 0 Å². The molecular weight excluding hydrogens is 252 g/mol. The first-order valence-corrected chi connectivity index (χ1v) is 5.83. The third kappa shape index (κ3) is 3.03. The highest BCUT2D eigenvalue weighted by Crippen LogP contribution is 2.26. The van der Waals surface area contributed by atoms with Gasteiger partial charge in [-0.25, -0.2) is 9.59 Å². The Morgan fingerprint density at radius 1 is 1.05 bits per heavy atom. The molecule has 0 amide bonds. The van der Waals surface area contributed by atoms with Crippen LogP contribution in [-0.2, 0) is 24.7 Å². The van der Waals surface area contributed by atoms with E-state index in [4.69, 9.17) is 9.47 Å². The van der Waals surface area contributed by atoms with Crippen LogP contribution in [0, 0.1) is 0 Å². The fourth-order valence-corrected chi connectivity index (χ4v) is 1.49. The third-order valence-electron chi connectivity index (χ3n) is 2.43. The molecule has 0 unspecified atom stereocenters. The normalized spacial score (nSPS) is 10.9. The molecule has 2 N–H and O–H groups in total. The van der Waals surface area contributed by atoms with Gasteiger partial charge in [0, 0.05) is 5.56 Å². The number of phenols is 1. The number of ether oxygens (including phenoxy) is 2. The van der Waals surface area contributed by atoms with Gasteiger partial charge in [0.05, 0.1) is 13.2 Å². The summed E-state index contributed by atoms with van der Waals surface area (Å²) >= 11 is 0. The quantitative estimate of drug-likeness (QED) is 0.603. The van der Waals surface area contributed by atoms with Gasteiger partial charge in [0.15, 0.2) is 0 Å². The van der Waals surface area contributed by atoms with Gasteiger partial charge in [0.1, 0.15) is 5.75 Å². The Morgan fingerprint density at radius 3 is 1.84 bits per heavy atom. The number of hydrogen-bond acceptors (Lipinski definition) is 6. The van der Waals surface area contributed by atoms with E-state index in [1.165, 1.54) is 24.3 Å². The zero-order valence-corrected chi connectivity index (χ0v) is 10.8. The average molecular weight is 268 g/mol. The highest BCUT2D eigenvalue weighted by Gasteiger charge is 2.49. The minimum absolute atomic E-state index is 0.0125. The van der Waals surface area contributed by atoms with Crippen LogP contribution >= 0.6 is 0 Å². The number of esters is 2. The summed E-state index contributed by atoms with van der Waals surface area (Å²) in [5, 5.41) is 19.5. The van der Waals surface area contributed by atoms with Gasteiger partial charge < -0.3 is 19.7 Å². The molecule has 0 atom stereocenters. The number of carbonyl (C=O) groups excluding carboxylic acids is 2. The highest BCUT2D eigenvalue weighted by molar-refractivity contribution is 6.04. The van der Waals surface area contributed by atoms with Crippen molar-refractivity contribution in [2.24, 2.45) is 0 Å². The molecule has 104 valence electrons. The Kier molecular flexibility index (Phi) is 4.88. The molecule has 1 rings (SSSR count). The van der Waals surface area contributed by atoms with E-state index in [1.807, 2.05) is 0 Å². The minimum atomic E-state index is -2.53. The number of phenolic OH excluding ortho intramolecular Hbond substituents is 1. The summed E-state index contributed by atoms with van der Waals surface area (Å²) in [6, 6.07) is 5.00. The van der Waals surface area contributed by atoms with Crippen molar-refractivity contribution in [3.63, 3.8) is 0 Å². The summed E-state index contributed by atoms with van der Waals surface area (Å²) in [6.45, 7) is 3.14. The molecule has 0 aliphatic rings. The molecule has 0 bridgehead atoms. The SMILES string of the molecule is CCOC(=O)C(O)(C(=O)OCC)c1ccc(O)cc1. The summed E-state index contributed by atoms with van der Waals surface area (Å²) < 4.78 is 9.41. The number of rotatable bonds is 5. The van der Waals surface area contributed by atoms with Gasteiger partial charge in [-0.3, -0.25) is 0 Å². The van der Waals surface area contributed by atoms with Gasteiger partial charge in [-0.2, -0.15) is 0 Å². The number of aromatic hydroxyl groups is 1. The van der Waals surface area contributed by atoms with E-state index in [0.29, 0.717) is 0 Å². The first kappa shape index (κ1) is 15.0. The van der Waals surface area contributed by atoms with E-state index in [0.717, 1.165) is 0 Å². The third-order valence-corrected chi connectivity index (χ3v) is 2.43. The zero-order chi connectivity index (χ0) is 14.5. The van der Waals surface area contributed by atoms with Gasteiger partial charge in [-0.05, 0) is 26.0 Å². The second kappa shape index (κ2) is 6.19. The molecule has 0 aliphatic carbocycles. The largest absolute Gasteiger partial charge is 0.508 e. The van der Waals surface area contributed by atoms with E-state index < -0.39 is 17.5 Å². The maximum atomic E-state index is 11.8. The van der Waals surface area contributed by atoms with E-state index >= 15 is 0 Å². The van der Waals surface area contributed by atoms with Crippen molar-refractivity contribution < 1.29 is 29.3 Å². The van der Waals surface area contributed by atoms with Crippen LogP contribution in [0.4, 0.5) is 0 Å². The molecule has 19 heavy (non-hydrogen) atoms. The second-order valence-corrected chi connectivity index (χ2v) is 3.70. The van der Waals surface area contributed by atoms with Gasteiger partial charge in [0.25, 0.3) is 5.60 Å². The fraction of sp³-hybridized carbons (Fsp3) is 0.385. The van der Waals surface area contributed by atoms with Crippen LogP contribution in [0.15, 0.2) is 24.3 Å². The maximum absolute atomic E-state index is 11.8. The maximum Gasteiger partial charge on any atom is 0.354 e. The lowest BCUT2D eigenvalue weighted by molar-refractivity contribution is -0.184. The number of aliphatic hydroxyl groups is 1. The van der Waals surface area contributed by atoms with Crippen molar-refractivity contribution in [2.45, 2.75) is 19.4 Å². The first-order chi connectivity index (χ1) is 8.96.